The van der Waals surface area contributed by atoms with Gasteiger partial charge in [-0.3, -0.25) is 10.1 Å². The van der Waals surface area contributed by atoms with Crippen LogP contribution in [-0.4, -0.2) is 38.2 Å². The zero-order valence-corrected chi connectivity index (χ0v) is 13.3. The Labute approximate surface area is 137 Å². The number of nitrogens with zero attached hydrogens (tertiary/aromatic N) is 3. The maximum absolute atomic E-state index is 12.0. The summed E-state index contributed by atoms with van der Waals surface area (Å²) < 4.78 is 0. The topological polar surface area (TPSA) is 117 Å². The van der Waals surface area contributed by atoms with E-state index in [-0.39, 0.29) is 5.91 Å². The van der Waals surface area contributed by atoms with E-state index in [4.69, 9.17) is 0 Å². The number of unbranched alkanes of at least 4 members (excludes halogenated alkanes) is 1. The molecule has 0 aliphatic heterocycles. The lowest BCUT2D eigenvalue weighted by Crippen LogP contribution is -2.29. The van der Waals surface area contributed by atoms with E-state index in [1.807, 2.05) is 6.92 Å². The Morgan fingerprint density at radius 1 is 1.39 bits per heavy atom. The van der Waals surface area contributed by atoms with Gasteiger partial charge in [-0.2, -0.15) is 0 Å². The molecule has 0 spiro atoms. The van der Waals surface area contributed by atoms with Gasteiger partial charge in [-0.25, -0.2) is 9.78 Å². The highest BCUT2D eigenvalue weighted by Crippen LogP contribution is 2.13. The first-order valence-corrected chi connectivity index (χ1v) is 8.01. The van der Waals surface area contributed by atoms with E-state index in [9.17, 15) is 14.7 Å². The van der Waals surface area contributed by atoms with Crippen molar-refractivity contribution in [3.63, 3.8) is 0 Å². The third-order valence-corrected chi connectivity index (χ3v) is 3.68. The van der Waals surface area contributed by atoms with E-state index >= 15 is 0 Å². The molecule has 0 bridgehead atoms. The van der Waals surface area contributed by atoms with Gasteiger partial charge in [0.1, 0.15) is 17.4 Å². The molecule has 3 N–H and O–H groups in total. The molecule has 23 heavy (non-hydrogen) atoms. The molecule has 2 aromatic rings. The van der Waals surface area contributed by atoms with Crippen LogP contribution in [0.1, 0.15) is 36.5 Å². The van der Waals surface area contributed by atoms with Crippen LogP contribution in [-0.2, 0) is 4.79 Å². The van der Waals surface area contributed by atoms with Gasteiger partial charge in [0.05, 0.1) is 5.56 Å². The Balaban J connectivity index is 1.98. The number of rotatable bonds is 8. The van der Waals surface area contributed by atoms with Gasteiger partial charge in [-0.15, -0.1) is 10.2 Å². The third kappa shape index (κ3) is 4.99. The van der Waals surface area contributed by atoms with E-state index in [1.54, 1.807) is 12.1 Å². The van der Waals surface area contributed by atoms with Crippen molar-refractivity contribution in [2.75, 3.05) is 10.6 Å². The lowest BCUT2D eigenvalue weighted by molar-refractivity contribution is -0.138. The summed E-state index contributed by atoms with van der Waals surface area (Å²) in [4.78, 5) is 27.3. The minimum atomic E-state index is -0.918. The molecule has 1 atom stereocenters. The summed E-state index contributed by atoms with van der Waals surface area (Å²) in [6.07, 6.45) is 3.64. The molecule has 2 rings (SSSR count). The van der Waals surface area contributed by atoms with Crippen LogP contribution in [0.5, 0.6) is 0 Å². The number of aromatic nitrogens is 3. The summed E-state index contributed by atoms with van der Waals surface area (Å²) in [6, 6.07) is 2.46. The normalized spacial score (nSPS) is 11.7. The lowest BCUT2D eigenvalue weighted by Gasteiger charge is -2.14. The van der Waals surface area contributed by atoms with Gasteiger partial charge in [0.15, 0.2) is 0 Å². The zero-order chi connectivity index (χ0) is 16.7. The molecule has 0 aliphatic carbocycles. The van der Waals surface area contributed by atoms with E-state index < -0.39 is 12.0 Å². The zero-order valence-electron chi connectivity index (χ0n) is 12.5. The molecule has 0 aliphatic rings. The molecule has 2 heterocycles. The molecule has 9 heteroatoms. The Bertz CT molecular complexity index is 645. The van der Waals surface area contributed by atoms with Gasteiger partial charge < -0.3 is 10.4 Å². The van der Waals surface area contributed by atoms with E-state index in [2.05, 4.69) is 25.8 Å². The molecule has 0 fully saturated rings. The molecular weight excluding hydrogens is 318 g/mol. The predicted octanol–water partition coefficient (Wildman–Crippen LogP) is 2.24. The fraction of sp³-hybridized carbons (Fsp3) is 0.357. The number of hydrogen-bond donors (Lipinski definition) is 3. The van der Waals surface area contributed by atoms with Crippen LogP contribution < -0.4 is 10.6 Å². The van der Waals surface area contributed by atoms with Crippen molar-refractivity contribution in [2.45, 2.75) is 32.2 Å². The number of pyridine rings is 1. The summed E-state index contributed by atoms with van der Waals surface area (Å²) in [5.41, 5.74) is 1.87. The smallest absolute Gasteiger partial charge is 0.326 e. The number of hydrogen-bond acceptors (Lipinski definition) is 7. The molecule has 8 nitrogen and oxygen atoms in total. The molecule has 0 radical (unpaired) electrons. The quantitative estimate of drug-likeness (QED) is 0.677. The van der Waals surface area contributed by atoms with Crippen molar-refractivity contribution in [1.29, 1.82) is 0 Å². The molecule has 0 saturated heterocycles. The summed E-state index contributed by atoms with van der Waals surface area (Å²) in [7, 11) is 0. The predicted molar refractivity (Wildman–Crippen MR) is 86.7 cm³/mol. The number of carbonyl (C=O) groups is 2. The van der Waals surface area contributed by atoms with E-state index in [0.29, 0.717) is 22.9 Å². The minimum Gasteiger partial charge on any atom is -0.480 e. The Kier molecular flexibility index (Phi) is 5.98. The van der Waals surface area contributed by atoms with Gasteiger partial charge in [0.2, 0.25) is 5.13 Å². The van der Waals surface area contributed by atoms with Gasteiger partial charge in [0, 0.05) is 6.20 Å². The van der Waals surface area contributed by atoms with Gasteiger partial charge in [0.25, 0.3) is 5.91 Å². The van der Waals surface area contributed by atoms with Crippen molar-refractivity contribution >= 4 is 34.2 Å². The molecule has 0 aromatic carbocycles. The van der Waals surface area contributed by atoms with Crippen LogP contribution in [0.2, 0.25) is 0 Å². The Morgan fingerprint density at radius 3 is 2.78 bits per heavy atom. The average molecular weight is 335 g/mol. The van der Waals surface area contributed by atoms with Crippen molar-refractivity contribution < 1.29 is 14.7 Å². The van der Waals surface area contributed by atoms with Crippen LogP contribution >= 0.6 is 11.3 Å². The summed E-state index contributed by atoms with van der Waals surface area (Å²) in [5.74, 6) is -0.846. The summed E-state index contributed by atoms with van der Waals surface area (Å²) in [6.45, 7) is 2.00. The second-order valence-electron chi connectivity index (χ2n) is 4.81. The molecular formula is C14H17N5O3S. The second kappa shape index (κ2) is 8.18. The maximum atomic E-state index is 12.0. The van der Waals surface area contributed by atoms with Crippen molar-refractivity contribution in [2.24, 2.45) is 0 Å². The van der Waals surface area contributed by atoms with Gasteiger partial charge in [-0.1, -0.05) is 31.1 Å². The van der Waals surface area contributed by atoms with Crippen LogP contribution in [0, 0.1) is 0 Å². The van der Waals surface area contributed by atoms with Gasteiger partial charge >= 0.3 is 5.97 Å². The highest BCUT2D eigenvalue weighted by atomic mass is 32.1. The fourth-order valence-electron chi connectivity index (χ4n) is 1.85. The number of aliphatic carboxylic acids is 1. The number of amides is 1. The third-order valence-electron chi connectivity index (χ3n) is 3.07. The number of anilines is 2. The highest BCUT2D eigenvalue weighted by molar-refractivity contribution is 7.13. The van der Waals surface area contributed by atoms with Crippen LogP contribution in [0.15, 0.2) is 23.8 Å². The maximum Gasteiger partial charge on any atom is 0.326 e. The SMILES string of the molecule is CCCCC(Nc1ccc(C(=O)Nc2nncs2)cn1)C(=O)O. The largest absolute Gasteiger partial charge is 0.480 e. The first kappa shape index (κ1) is 16.8. The highest BCUT2D eigenvalue weighted by Gasteiger charge is 2.17. The van der Waals surface area contributed by atoms with E-state index in [1.165, 1.54) is 23.0 Å². The van der Waals surface area contributed by atoms with Crippen molar-refractivity contribution in [1.82, 2.24) is 15.2 Å². The van der Waals surface area contributed by atoms with Crippen LogP contribution in [0.3, 0.4) is 0 Å². The molecule has 2 aromatic heterocycles. The lowest BCUT2D eigenvalue weighted by atomic mass is 10.1. The van der Waals surface area contributed by atoms with Crippen LogP contribution in [0.25, 0.3) is 0 Å². The number of nitrogens with one attached hydrogen (secondary N) is 2. The Morgan fingerprint density at radius 2 is 2.22 bits per heavy atom. The minimum absolute atomic E-state index is 0.346. The average Bonchev–Trinajstić information content (AvgIpc) is 3.04. The fourth-order valence-corrected chi connectivity index (χ4v) is 2.29. The molecule has 0 saturated carbocycles. The van der Waals surface area contributed by atoms with Gasteiger partial charge in [-0.05, 0) is 18.6 Å². The summed E-state index contributed by atoms with van der Waals surface area (Å²) in [5, 5.41) is 22.4. The number of carboxylic acid groups (broad SMARTS) is 1. The second-order valence-corrected chi connectivity index (χ2v) is 5.64. The molecule has 1 unspecified atom stereocenters. The van der Waals surface area contributed by atoms with Crippen molar-refractivity contribution in [3.05, 3.63) is 29.4 Å². The summed E-state index contributed by atoms with van der Waals surface area (Å²) >= 11 is 1.22. The van der Waals surface area contributed by atoms with Crippen LogP contribution in [0.4, 0.5) is 10.9 Å². The monoisotopic (exact) mass is 335 g/mol. The molecule has 1 amide bonds. The molecule has 122 valence electrons. The number of carboxylic acids is 1. The van der Waals surface area contributed by atoms with Crippen molar-refractivity contribution in [3.8, 4) is 0 Å². The number of carbonyl (C=O) groups excluding carboxylic acids is 1. The first-order chi connectivity index (χ1) is 11.1. The Hall–Kier alpha value is -2.55. The van der Waals surface area contributed by atoms with E-state index in [0.717, 1.165) is 12.8 Å². The standard InChI is InChI=1S/C14H17N5O3S/c1-2-3-4-10(13(21)22)17-11-6-5-9(7-15-11)12(20)18-14-19-16-8-23-14/h5-8,10H,2-4H2,1H3,(H,15,17)(H,21,22)(H,18,19,20). The first-order valence-electron chi connectivity index (χ1n) is 7.13.